The van der Waals surface area contributed by atoms with Crippen molar-refractivity contribution >= 4 is 11.6 Å². The molecule has 2 heterocycles. The standard InChI is InChI=1S/C17H21N5O/c1-12-6-13(2)8-14(7-12)4-5-18-16-9-15(10-23-3)21-17-19-11-20-22(16)17/h6-9,11,18H,4-5,10H2,1-3H3. The highest BCUT2D eigenvalue weighted by molar-refractivity contribution is 5.45. The molecule has 0 radical (unpaired) electrons. The molecule has 120 valence electrons. The number of hydrogen-bond acceptors (Lipinski definition) is 5. The third kappa shape index (κ3) is 3.65. The van der Waals surface area contributed by atoms with Crippen molar-refractivity contribution in [3.63, 3.8) is 0 Å². The number of nitrogens with zero attached hydrogens (tertiary/aromatic N) is 4. The molecule has 0 aliphatic rings. The van der Waals surface area contributed by atoms with E-state index in [0.717, 1.165) is 24.5 Å². The molecular formula is C17H21N5O. The lowest BCUT2D eigenvalue weighted by Gasteiger charge is -2.10. The van der Waals surface area contributed by atoms with Crippen molar-refractivity contribution in [3.05, 3.63) is 53.0 Å². The Hall–Kier alpha value is -2.47. The molecule has 0 unspecified atom stereocenters. The minimum atomic E-state index is 0.453. The summed E-state index contributed by atoms with van der Waals surface area (Å²) in [7, 11) is 1.66. The molecule has 23 heavy (non-hydrogen) atoms. The van der Waals surface area contributed by atoms with Crippen LogP contribution in [0.5, 0.6) is 0 Å². The normalized spacial score (nSPS) is 11.1. The van der Waals surface area contributed by atoms with Gasteiger partial charge >= 0.3 is 0 Å². The summed E-state index contributed by atoms with van der Waals surface area (Å²) >= 11 is 0. The predicted octanol–water partition coefficient (Wildman–Crippen LogP) is 2.54. The summed E-state index contributed by atoms with van der Waals surface area (Å²) < 4.78 is 6.87. The Morgan fingerprint density at radius 3 is 2.65 bits per heavy atom. The van der Waals surface area contributed by atoms with Gasteiger partial charge in [-0.1, -0.05) is 29.3 Å². The molecule has 1 N–H and O–H groups in total. The van der Waals surface area contributed by atoms with Gasteiger partial charge in [-0.2, -0.15) is 14.6 Å². The highest BCUT2D eigenvalue weighted by atomic mass is 16.5. The number of aryl methyl sites for hydroxylation is 2. The van der Waals surface area contributed by atoms with Crippen LogP contribution in [0.4, 0.5) is 5.82 Å². The molecular weight excluding hydrogens is 290 g/mol. The molecule has 0 saturated heterocycles. The van der Waals surface area contributed by atoms with Crippen LogP contribution in [-0.2, 0) is 17.8 Å². The molecule has 0 fully saturated rings. The lowest BCUT2D eigenvalue weighted by atomic mass is 10.1. The Balaban J connectivity index is 1.74. The Labute approximate surface area is 135 Å². The second-order valence-corrected chi connectivity index (χ2v) is 5.71. The zero-order valence-corrected chi connectivity index (χ0v) is 13.7. The van der Waals surface area contributed by atoms with Crippen molar-refractivity contribution in [1.82, 2.24) is 19.6 Å². The smallest absolute Gasteiger partial charge is 0.254 e. The molecule has 6 nitrogen and oxygen atoms in total. The number of hydrogen-bond donors (Lipinski definition) is 1. The lowest BCUT2D eigenvalue weighted by Crippen LogP contribution is -2.11. The number of methoxy groups -OCH3 is 1. The molecule has 0 spiro atoms. The van der Waals surface area contributed by atoms with Crippen molar-refractivity contribution in [2.24, 2.45) is 0 Å². The maximum atomic E-state index is 5.16. The van der Waals surface area contributed by atoms with Crippen LogP contribution in [-0.4, -0.2) is 33.2 Å². The van der Waals surface area contributed by atoms with Gasteiger partial charge in [0.15, 0.2) is 0 Å². The zero-order chi connectivity index (χ0) is 16.2. The molecule has 1 aromatic carbocycles. The quantitative estimate of drug-likeness (QED) is 0.758. The van der Waals surface area contributed by atoms with Gasteiger partial charge in [0.2, 0.25) is 0 Å². The predicted molar refractivity (Wildman–Crippen MR) is 89.6 cm³/mol. The fraction of sp³-hybridized carbons (Fsp3) is 0.353. The van der Waals surface area contributed by atoms with E-state index in [9.17, 15) is 0 Å². The highest BCUT2D eigenvalue weighted by Gasteiger charge is 2.07. The topological polar surface area (TPSA) is 64.3 Å². The largest absolute Gasteiger partial charge is 0.378 e. The molecule has 3 aromatic rings. The van der Waals surface area contributed by atoms with E-state index in [2.05, 4.69) is 52.4 Å². The summed E-state index contributed by atoms with van der Waals surface area (Å²) in [5, 5.41) is 7.64. The van der Waals surface area contributed by atoms with Crippen LogP contribution in [0.15, 0.2) is 30.6 Å². The monoisotopic (exact) mass is 311 g/mol. The summed E-state index contributed by atoms with van der Waals surface area (Å²) in [5.74, 6) is 1.46. The molecule has 6 heteroatoms. The highest BCUT2D eigenvalue weighted by Crippen LogP contribution is 2.13. The fourth-order valence-corrected chi connectivity index (χ4v) is 2.76. The van der Waals surface area contributed by atoms with Gasteiger partial charge in [0, 0.05) is 19.7 Å². The average Bonchev–Trinajstić information content (AvgIpc) is 2.95. The van der Waals surface area contributed by atoms with Crippen molar-refractivity contribution in [3.8, 4) is 0 Å². The Kier molecular flexibility index (Phi) is 4.52. The lowest BCUT2D eigenvalue weighted by molar-refractivity contribution is 0.181. The van der Waals surface area contributed by atoms with Crippen LogP contribution in [0.3, 0.4) is 0 Å². The van der Waals surface area contributed by atoms with Gasteiger partial charge in [-0.05, 0) is 25.8 Å². The Morgan fingerprint density at radius 1 is 1.13 bits per heavy atom. The first-order valence-corrected chi connectivity index (χ1v) is 7.65. The summed E-state index contributed by atoms with van der Waals surface area (Å²) in [6.07, 6.45) is 2.45. The van der Waals surface area contributed by atoms with E-state index in [1.165, 1.54) is 23.0 Å². The maximum Gasteiger partial charge on any atom is 0.254 e. The van der Waals surface area contributed by atoms with Crippen molar-refractivity contribution in [2.45, 2.75) is 26.9 Å². The van der Waals surface area contributed by atoms with Gasteiger partial charge in [0.25, 0.3) is 5.78 Å². The fourth-order valence-electron chi connectivity index (χ4n) is 2.76. The minimum Gasteiger partial charge on any atom is -0.378 e. The van der Waals surface area contributed by atoms with Gasteiger partial charge < -0.3 is 10.1 Å². The number of aromatic nitrogens is 4. The van der Waals surface area contributed by atoms with Crippen molar-refractivity contribution in [2.75, 3.05) is 19.0 Å². The zero-order valence-electron chi connectivity index (χ0n) is 13.7. The summed E-state index contributed by atoms with van der Waals surface area (Å²) in [6.45, 7) is 5.52. The second-order valence-electron chi connectivity index (χ2n) is 5.71. The van der Waals surface area contributed by atoms with Crippen molar-refractivity contribution < 1.29 is 4.74 Å². The first kappa shape index (κ1) is 15.4. The summed E-state index contributed by atoms with van der Waals surface area (Å²) in [6, 6.07) is 8.59. The van der Waals surface area contributed by atoms with E-state index in [4.69, 9.17) is 4.74 Å². The van der Waals surface area contributed by atoms with E-state index >= 15 is 0 Å². The average molecular weight is 311 g/mol. The molecule has 3 rings (SSSR count). The van der Waals surface area contributed by atoms with Gasteiger partial charge in [-0.25, -0.2) is 4.98 Å². The van der Waals surface area contributed by atoms with E-state index < -0.39 is 0 Å². The second kappa shape index (κ2) is 6.75. The third-order valence-corrected chi connectivity index (χ3v) is 3.60. The number of ether oxygens (including phenoxy) is 1. The molecule has 0 bridgehead atoms. The van der Waals surface area contributed by atoms with Gasteiger partial charge in [-0.3, -0.25) is 0 Å². The first-order valence-electron chi connectivity index (χ1n) is 7.65. The molecule has 0 aliphatic carbocycles. The molecule has 0 amide bonds. The van der Waals surface area contributed by atoms with E-state index in [1.54, 1.807) is 11.6 Å². The molecule has 0 saturated carbocycles. The van der Waals surface area contributed by atoms with Crippen molar-refractivity contribution in [1.29, 1.82) is 0 Å². The van der Waals surface area contributed by atoms with Crippen LogP contribution in [0.2, 0.25) is 0 Å². The molecule has 0 aliphatic heterocycles. The van der Waals surface area contributed by atoms with E-state index in [1.807, 2.05) is 6.07 Å². The van der Waals surface area contributed by atoms with Gasteiger partial charge in [0.1, 0.15) is 12.1 Å². The molecule has 2 aromatic heterocycles. The number of anilines is 1. The number of nitrogens with one attached hydrogen (secondary N) is 1. The van der Waals surface area contributed by atoms with E-state index in [0.29, 0.717) is 12.4 Å². The number of fused-ring (bicyclic) bond motifs is 1. The first-order chi connectivity index (χ1) is 11.2. The Bertz CT molecular complexity index is 792. The number of rotatable bonds is 6. The van der Waals surface area contributed by atoms with Gasteiger partial charge in [0.05, 0.1) is 12.3 Å². The maximum absolute atomic E-state index is 5.16. The van der Waals surface area contributed by atoms with E-state index in [-0.39, 0.29) is 0 Å². The SMILES string of the molecule is COCc1cc(NCCc2cc(C)cc(C)c2)n2ncnc2n1. The van der Waals surface area contributed by atoms with Crippen LogP contribution >= 0.6 is 0 Å². The summed E-state index contributed by atoms with van der Waals surface area (Å²) in [5.41, 5.74) is 4.76. The van der Waals surface area contributed by atoms with Crippen LogP contribution in [0, 0.1) is 13.8 Å². The van der Waals surface area contributed by atoms with Crippen LogP contribution in [0.1, 0.15) is 22.4 Å². The summed E-state index contributed by atoms with van der Waals surface area (Å²) in [4.78, 5) is 8.56. The van der Waals surface area contributed by atoms with Gasteiger partial charge in [-0.15, -0.1) is 0 Å². The third-order valence-electron chi connectivity index (χ3n) is 3.60. The minimum absolute atomic E-state index is 0.453. The molecule has 0 atom stereocenters. The van der Waals surface area contributed by atoms with Crippen LogP contribution < -0.4 is 5.32 Å². The number of benzene rings is 1. The Morgan fingerprint density at radius 2 is 1.91 bits per heavy atom. The van der Waals surface area contributed by atoms with Crippen LogP contribution in [0.25, 0.3) is 5.78 Å².